The van der Waals surface area contributed by atoms with Gasteiger partial charge in [0.2, 0.25) is 0 Å². The molecule has 0 aliphatic rings. The number of pyridine rings is 1. The minimum absolute atomic E-state index is 0.142. The summed E-state index contributed by atoms with van der Waals surface area (Å²) in [5.41, 5.74) is 0.992. The number of aromatic nitrogens is 1. The summed E-state index contributed by atoms with van der Waals surface area (Å²) in [6.07, 6.45) is 4.65. The normalized spacial score (nSPS) is 11.8. The van der Waals surface area contributed by atoms with Crippen molar-refractivity contribution in [2.24, 2.45) is 5.41 Å². The summed E-state index contributed by atoms with van der Waals surface area (Å²) < 4.78 is 12.9. The molecule has 0 radical (unpaired) electrons. The Morgan fingerprint density at radius 2 is 2.18 bits per heavy atom. The summed E-state index contributed by atoms with van der Waals surface area (Å²) in [6.45, 7) is 5.99. The lowest BCUT2D eigenvalue weighted by molar-refractivity contribution is 0.236. The SMILES string of the molecule is CC(C)(CCCO)CNCc1cncc(F)c1. The Labute approximate surface area is 102 Å². The van der Waals surface area contributed by atoms with Gasteiger partial charge < -0.3 is 10.4 Å². The Hall–Kier alpha value is -1.00. The number of rotatable bonds is 7. The molecule has 0 aliphatic heterocycles. The highest BCUT2D eigenvalue weighted by atomic mass is 19.1. The van der Waals surface area contributed by atoms with Crippen LogP contribution in [0.15, 0.2) is 18.5 Å². The molecule has 0 aromatic carbocycles. The van der Waals surface area contributed by atoms with E-state index in [4.69, 9.17) is 5.11 Å². The van der Waals surface area contributed by atoms with Crippen molar-refractivity contribution in [1.29, 1.82) is 0 Å². The minimum atomic E-state index is -0.302. The van der Waals surface area contributed by atoms with Crippen LogP contribution >= 0.6 is 0 Å². The molecular formula is C13H21FN2O. The summed E-state index contributed by atoms with van der Waals surface area (Å²) in [6, 6.07) is 1.49. The van der Waals surface area contributed by atoms with E-state index in [9.17, 15) is 4.39 Å². The van der Waals surface area contributed by atoms with Crippen LogP contribution in [0.3, 0.4) is 0 Å². The molecule has 1 aromatic heterocycles. The first-order chi connectivity index (χ1) is 8.03. The summed E-state index contributed by atoms with van der Waals surface area (Å²) >= 11 is 0. The number of hydrogen-bond acceptors (Lipinski definition) is 3. The Morgan fingerprint density at radius 3 is 2.82 bits per heavy atom. The Bertz CT molecular complexity index is 342. The quantitative estimate of drug-likeness (QED) is 0.767. The van der Waals surface area contributed by atoms with Gasteiger partial charge >= 0.3 is 0 Å². The predicted molar refractivity (Wildman–Crippen MR) is 66.0 cm³/mol. The van der Waals surface area contributed by atoms with Crippen LogP contribution in [0.25, 0.3) is 0 Å². The first-order valence-corrected chi connectivity index (χ1v) is 5.94. The molecule has 17 heavy (non-hydrogen) atoms. The molecule has 2 N–H and O–H groups in total. The highest BCUT2D eigenvalue weighted by Crippen LogP contribution is 2.20. The van der Waals surface area contributed by atoms with Crippen LogP contribution < -0.4 is 5.32 Å². The summed E-state index contributed by atoms with van der Waals surface area (Å²) in [4.78, 5) is 3.80. The molecule has 0 saturated heterocycles. The first-order valence-electron chi connectivity index (χ1n) is 5.94. The molecular weight excluding hydrogens is 219 g/mol. The van der Waals surface area contributed by atoms with Gasteiger partial charge in [0.1, 0.15) is 5.82 Å². The molecule has 0 amide bonds. The van der Waals surface area contributed by atoms with E-state index < -0.39 is 0 Å². The zero-order chi connectivity index (χ0) is 12.7. The van der Waals surface area contributed by atoms with E-state index in [1.54, 1.807) is 6.20 Å². The average Bonchev–Trinajstić information content (AvgIpc) is 2.26. The van der Waals surface area contributed by atoms with E-state index in [1.807, 2.05) is 0 Å². The highest BCUT2D eigenvalue weighted by molar-refractivity contribution is 5.09. The third-order valence-electron chi connectivity index (χ3n) is 2.71. The lowest BCUT2D eigenvalue weighted by atomic mass is 9.88. The molecule has 0 fully saturated rings. The third kappa shape index (κ3) is 5.75. The summed E-state index contributed by atoms with van der Waals surface area (Å²) in [7, 11) is 0. The zero-order valence-electron chi connectivity index (χ0n) is 10.5. The van der Waals surface area contributed by atoms with Gasteiger partial charge in [-0.25, -0.2) is 4.39 Å². The molecule has 0 aliphatic carbocycles. The van der Waals surface area contributed by atoms with Gasteiger partial charge in [-0.05, 0) is 29.9 Å². The summed E-state index contributed by atoms with van der Waals surface area (Å²) in [5, 5.41) is 12.1. The second-order valence-corrected chi connectivity index (χ2v) is 5.11. The van der Waals surface area contributed by atoms with Gasteiger partial charge in [0, 0.05) is 25.9 Å². The van der Waals surface area contributed by atoms with Crippen LogP contribution in [0, 0.1) is 11.2 Å². The Kier molecular flexibility index (Phi) is 5.51. The monoisotopic (exact) mass is 240 g/mol. The van der Waals surface area contributed by atoms with Gasteiger partial charge in [0.05, 0.1) is 6.20 Å². The van der Waals surface area contributed by atoms with E-state index >= 15 is 0 Å². The zero-order valence-corrected chi connectivity index (χ0v) is 10.5. The van der Waals surface area contributed by atoms with Gasteiger partial charge in [0.25, 0.3) is 0 Å². The van der Waals surface area contributed by atoms with Gasteiger partial charge in [-0.2, -0.15) is 0 Å². The van der Waals surface area contributed by atoms with Crippen molar-refractivity contribution in [2.45, 2.75) is 33.2 Å². The number of aliphatic hydroxyl groups excluding tert-OH is 1. The Balaban J connectivity index is 2.32. The van der Waals surface area contributed by atoms with E-state index in [-0.39, 0.29) is 17.8 Å². The molecule has 96 valence electrons. The maximum absolute atomic E-state index is 12.9. The van der Waals surface area contributed by atoms with Crippen molar-refractivity contribution in [3.8, 4) is 0 Å². The van der Waals surface area contributed by atoms with Crippen molar-refractivity contribution < 1.29 is 9.50 Å². The third-order valence-corrected chi connectivity index (χ3v) is 2.71. The van der Waals surface area contributed by atoms with Crippen LogP contribution in [-0.4, -0.2) is 23.2 Å². The molecule has 1 heterocycles. The maximum Gasteiger partial charge on any atom is 0.141 e. The molecule has 0 bridgehead atoms. The molecule has 1 rings (SSSR count). The summed E-state index contributed by atoms with van der Waals surface area (Å²) in [5.74, 6) is -0.302. The molecule has 1 aromatic rings. The molecule has 4 heteroatoms. The highest BCUT2D eigenvalue weighted by Gasteiger charge is 2.16. The van der Waals surface area contributed by atoms with E-state index in [0.717, 1.165) is 24.9 Å². The van der Waals surface area contributed by atoms with E-state index in [0.29, 0.717) is 6.54 Å². The molecule has 0 atom stereocenters. The van der Waals surface area contributed by atoms with Crippen molar-refractivity contribution in [3.63, 3.8) is 0 Å². The number of nitrogens with zero attached hydrogens (tertiary/aromatic N) is 1. The fraction of sp³-hybridized carbons (Fsp3) is 0.615. The molecule has 0 spiro atoms. The van der Waals surface area contributed by atoms with Gasteiger partial charge in [-0.3, -0.25) is 4.98 Å². The number of aliphatic hydroxyl groups is 1. The lowest BCUT2D eigenvalue weighted by Gasteiger charge is -2.24. The Morgan fingerprint density at radius 1 is 1.41 bits per heavy atom. The van der Waals surface area contributed by atoms with Crippen molar-refractivity contribution in [2.75, 3.05) is 13.2 Å². The maximum atomic E-state index is 12.9. The van der Waals surface area contributed by atoms with E-state index in [1.165, 1.54) is 12.3 Å². The topological polar surface area (TPSA) is 45.1 Å². The van der Waals surface area contributed by atoms with E-state index in [2.05, 4.69) is 24.1 Å². The van der Waals surface area contributed by atoms with Gasteiger partial charge in [-0.15, -0.1) is 0 Å². The van der Waals surface area contributed by atoms with Crippen LogP contribution in [0.1, 0.15) is 32.3 Å². The predicted octanol–water partition coefficient (Wildman–Crippen LogP) is 2.11. The van der Waals surface area contributed by atoms with Gasteiger partial charge in [-0.1, -0.05) is 13.8 Å². The van der Waals surface area contributed by atoms with Crippen molar-refractivity contribution >= 4 is 0 Å². The standard InChI is InChI=1S/C13H21FN2O/c1-13(2,4-3-5-17)10-16-8-11-6-12(14)9-15-7-11/h6-7,9,16-17H,3-5,8,10H2,1-2H3. The van der Waals surface area contributed by atoms with Crippen LogP contribution in [0.2, 0.25) is 0 Å². The fourth-order valence-electron chi connectivity index (χ4n) is 1.74. The number of halogens is 1. The van der Waals surface area contributed by atoms with Crippen molar-refractivity contribution in [1.82, 2.24) is 10.3 Å². The minimum Gasteiger partial charge on any atom is -0.396 e. The average molecular weight is 240 g/mol. The number of nitrogens with one attached hydrogen (secondary N) is 1. The van der Waals surface area contributed by atoms with Crippen LogP contribution in [0.5, 0.6) is 0 Å². The molecule has 3 nitrogen and oxygen atoms in total. The van der Waals surface area contributed by atoms with Crippen molar-refractivity contribution in [3.05, 3.63) is 29.8 Å². The smallest absolute Gasteiger partial charge is 0.141 e. The molecule has 0 unspecified atom stereocenters. The fourth-order valence-corrected chi connectivity index (χ4v) is 1.74. The lowest BCUT2D eigenvalue weighted by Crippen LogP contribution is -2.29. The number of hydrogen-bond donors (Lipinski definition) is 2. The first kappa shape index (κ1) is 14.1. The largest absolute Gasteiger partial charge is 0.396 e. The second kappa shape index (κ2) is 6.67. The second-order valence-electron chi connectivity index (χ2n) is 5.11. The van der Waals surface area contributed by atoms with Crippen LogP contribution in [-0.2, 0) is 6.54 Å². The van der Waals surface area contributed by atoms with Gasteiger partial charge in [0.15, 0.2) is 0 Å². The molecule has 0 saturated carbocycles. The van der Waals surface area contributed by atoms with Crippen LogP contribution in [0.4, 0.5) is 4.39 Å².